The van der Waals surface area contributed by atoms with Crippen LogP contribution in [0.3, 0.4) is 0 Å². The van der Waals surface area contributed by atoms with Gasteiger partial charge in [0.2, 0.25) is 5.91 Å². The van der Waals surface area contributed by atoms with Crippen LogP contribution in [0.5, 0.6) is 0 Å². The van der Waals surface area contributed by atoms with Crippen molar-refractivity contribution < 1.29 is 14.1 Å². The quantitative estimate of drug-likeness (QED) is 0.572. The lowest BCUT2D eigenvalue weighted by atomic mass is 9.94. The number of nitrogens with one attached hydrogen (secondary N) is 1. The number of nitrogens with zero attached hydrogens (tertiary/aromatic N) is 3. The molecule has 1 aliphatic heterocycles. The Morgan fingerprint density at radius 2 is 2.22 bits per heavy atom. The number of amides is 2. The Bertz CT molecular complexity index is 1150. The molecule has 3 aromatic rings. The van der Waals surface area contributed by atoms with E-state index in [1.807, 2.05) is 50.6 Å². The minimum absolute atomic E-state index is 0.138. The first-order valence-electron chi connectivity index (χ1n) is 10.6. The molecule has 0 saturated heterocycles. The van der Waals surface area contributed by atoms with Crippen molar-refractivity contribution in [1.29, 1.82) is 0 Å². The van der Waals surface area contributed by atoms with Gasteiger partial charge in [0.25, 0.3) is 5.91 Å². The highest BCUT2D eigenvalue weighted by atomic mass is 32.1. The number of hydrogen-bond acceptors (Lipinski definition) is 6. The molecule has 4 heterocycles. The number of aryl methyl sites for hydroxylation is 1. The third-order valence-corrected chi connectivity index (χ3v) is 6.42. The predicted molar refractivity (Wildman–Crippen MR) is 123 cm³/mol. The third-order valence-electron chi connectivity index (χ3n) is 5.58. The maximum Gasteiger partial charge on any atom is 0.276 e. The van der Waals surface area contributed by atoms with E-state index in [4.69, 9.17) is 4.52 Å². The van der Waals surface area contributed by atoms with Gasteiger partial charge in [-0.25, -0.2) is 0 Å². The topological polar surface area (TPSA) is 88.3 Å². The number of hydrogen-bond donors (Lipinski definition) is 1. The monoisotopic (exact) mass is 450 g/mol. The van der Waals surface area contributed by atoms with Crippen molar-refractivity contribution in [2.24, 2.45) is 0 Å². The first-order valence-corrected chi connectivity index (χ1v) is 11.5. The lowest BCUT2D eigenvalue weighted by Crippen LogP contribution is -2.37. The molecule has 0 atom stereocenters. The molecular formula is C24H26N4O3S. The van der Waals surface area contributed by atoms with Crippen LogP contribution in [0.1, 0.15) is 63.3 Å². The van der Waals surface area contributed by atoms with Crippen molar-refractivity contribution in [3.63, 3.8) is 0 Å². The molecule has 0 fully saturated rings. The van der Waals surface area contributed by atoms with Gasteiger partial charge in [0.15, 0.2) is 5.69 Å². The van der Waals surface area contributed by atoms with Gasteiger partial charge in [-0.1, -0.05) is 25.1 Å². The fraction of sp³-hybridized carbons (Fsp3) is 0.333. The van der Waals surface area contributed by atoms with E-state index in [1.165, 1.54) is 0 Å². The average Bonchev–Trinajstić information content (AvgIpc) is 3.48. The van der Waals surface area contributed by atoms with Crippen LogP contribution in [0, 0.1) is 6.92 Å². The summed E-state index contributed by atoms with van der Waals surface area (Å²) in [5, 5.41) is 8.89. The molecule has 4 rings (SSSR count). The van der Waals surface area contributed by atoms with Crippen molar-refractivity contribution in [3.8, 4) is 0 Å². The molecule has 0 bridgehead atoms. The highest BCUT2D eigenvalue weighted by Crippen LogP contribution is 2.25. The number of carbonyl (C=O) groups excluding carboxylic acids is 2. The van der Waals surface area contributed by atoms with Crippen LogP contribution in [-0.4, -0.2) is 33.4 Å². The van der Waals surface area contributed by atoms with Gasteiger partial charge < -0.3 is 14.7 Å². The largest absolute Gasteiger partial charge is 0.360 e. The zero-order valence-electron chi connectivity index (χ0n) is 18.4. The summed E-state index contributed by atoms with van der Waals surface area (Å²) in [4.78, 5) is 32.5. The second-order valence-corrected chi connectivity index (χ2v) is 9.12. The lowest BCUT2D eigenvalue weighted by molar-refractivity contribution is -0.116. The van der Waals surface area contributed by atoms with Crippen LogP contribution in [0.25, 0.3) is 6.08 Å². The molecule has 3 aromatic heterocycles. The number of pyridine rings is 1. The first-order chi connectivity index (χ1) is 15.4. The van der Waals surface area contributed by atoms with E-state index in [2.05, 4.69) is 15.5 Å². The molecule has 0 unspecified atom stereocenters. The Morgan fingerprint density at radius 1 is 1.38 bits per heavy atom. The van der Waals surface area contributed by atoms with Crippen molar-refractivity contribution in [1.82, 2.24) is 20.4 Å². The number of carbonyl (C=O) groups is 2. The van der Waals surface area contributed by atoms with E-state index in [0.717, 1.165) is 27.3 Å². The van der Waals surface area contributed by atoms with Gasteiger partial charge in [-0.15, -0.1) is 11.3 Å². The minimum atomic E-state index is -0.144. The fourth-order valence-corrected chi connectivity index (χ4v) is 4.35. The van der Waals surface area contributed by atoms with Gasteiger partial charge in [-0.3, -0.25) is 14.6 Å². The van der Waals surface area contributed by atoms with E-state index < -0.39 is 0 Å². The molecule has 1 aliphatic rings. The average molecular weight is 451 g/mol. The molecule has 166 valence electrons. The highest BCUT2D eigenvalue weighted by molar-refractivity contribution is 7.10. The zero-order valence-corrected chi connectivity index (χ0v) is 19.2. The molecule has 0 saturated carbocycles. The van der Waals surface area contributed by atoms with E-state index >= 15 is 0 Å². The zero-order chi connectivity index (χ0) is 22.7. The normalized spacial score (nSPS) is 13.6. The fourth-order valence-electron chi connectivity index (χ4n) is 3.73. The Labute approximate surface area is 191 Å². The molecule has 8 heteroatoms. The second kappa shape index (κ2) is 9.48. The van der Waals surface area contributed by atoms with Crippen LogP contribution in [0.15, 0.2) is 40.4 Å². The Kier molecular flexibility index (Phi) is 6.50. The summed E-state index contributed by atoms with van der Waals surface area (Å²) < 4.78 is 5.29. The summed E-state index contributed by atoms with van der Waals surface area (Å²) in [6, 6.07) is 5.64. The Morgan fingerprint density at radius 3 is 2.94 bits per heavy atom. The van der Waals surface area contributed by atoms with Crippen LogP contribution in [0.2, 0.25) is 0 Å². The summed E-state index contributed by atoms with van der Waals surface area (Å²) in [6.45, 7) is 7.40. The Balaban J connectivity index is 1.44. The molecule has 2 amide bonds. The number of rotatable bonds is 6. The van der Waals surface area contributed by atoms with Gasteiger partial charge in [0, 0.05) is 54.5 Å². The molecule has 0 aromatic carbocycles. The lowest BCUT2D eigenvalue weighted by Gasteiger charge is -2.30. The van der Waals surface area contributed by atoms with Gasteiger partial charge in [0.05, 0.1) is 0 Å². The number of thiophene rings is 1. The third kappa shape index (κ3) is 4.80. The summed E-state index contributed by atoms with van der Waals surface area (Å²) in [6.07, 6.45) is 5.89. The minimum Gasteiger partial charge on any atom is -0.360 e. The smallest absolute Gasteiger partial charge is 0.276 e. The first kappa shape index (κ1) is 22.0. The summed E-state index contributed by atoms with van der Waals surface area (Å²) in [5.41, 5.74) is 4.41. The molecule has 0 radical (unpaired) electrons. The predicted octanol–water partition coefficient (Wildman–Crippen LogP) is 4.09. The molecule has 32 heavy (non-hydrogen) atoms. The highest BCUT2D eigenvalue weighted by Gasteiger charge is 2.27. The van der Waals surface area contributed by atoms with Gasteiger partial charge >= 0.3 is 0 Å². The van der Waals surface area contributed by atoms with E-state index in [0.29, 0.717) is 37.5 Å². The standard InChI is InChI=1S/C24H26N4O3S/c1-15(2)22-11-21(27-31-22)24(30)28-9-8-19-17(14-28)12-25-16(3)20(19)13-26-23(29)7-6-18-5-4-10-32-18/h4-7,10-12,15H,8-9,13-14H2,1-3H3,(H,26,29)/b7-6+. The van der Waals surface area contributed by atoms with E-state index in [-0.39, 0.29) is 17.7 Å². The molecule has 0 aliphatic carbocycles. The van der Waals surface area contributed by atoms with E-state index in [9.17, 15) is 9.59 Å². The molecule has 7 nitrogen and oxygen atoms in total. The molecule has 1 N–H and O–H groups in total. The van der Waals surface area contributed by atoms with E-state index in [1.54, 1.807) is 28.4 Å². The summed E-state index contributed by atoms with van der Waals surface area (Å²) in [7, 11) is 0. The van der Waals surface area contributed by atoms with Gasteiger partial charge in [0.1, 0.15) is 5.76 Å². The maximum absolute atomic E-state index is 12.9. The number of aromatic nitrogens is 2. The Hall–Kier alpha value is -3.26. The van der Waals surface area contributed by atoms with Gasteiger partial charge in [-0.2, -0.15) is 0 Å². The van der Waals surface area contributed by atoms with Crippen molar-refractivity contribution in [2.75, 3.05) is 6.54 Å². The second-order valence-electron chi connectivity index (χ2n) is 8.14. The summed E-state index contributed by atoms with van der Waals surface area (Å²) >= 11 is 1.58. The van der Waals surface area contributed by atoms with Crippen molar-refractivity contribution in [2.45, 2.75) is 46.2 Å². The van der Waals surface area contributed by atoms with Crippen LogP contribution in [-0.2, 0) is 24.3 Å². The van der Waals surface area contributed by atoms with Crippen LogP contribution >= 0.6 is 11.3 Å². The molecular weight excluding hydrogens is 424 g/mol. The molecule has 0 spiro atoms. The van der Waals surface area contributed by atoms with Crippen LogP contribution < -0.4 is 5.32 Å². The van der Waals surface area contributed by atoms with Crippen LogP contribution in [0.4, 0.5) is 0 Å². The SMILES string of the molecule is Cc1ncc2c(c1CNC(=O)/C=C/c1cccs1)CCN(C(=O)c1cc(C(C)C)on1)C2. The van der Waals surface area contributed by atoms with Crippen molar-refractivity contribution in [3.05, 3.63) is 74.6 Å². The van der Waals surface area contributed by atoms with Gasteiger partial charge in [-0.05, 0) is 47.6 Å². The summed E-state index contributed by atoms with van der Waals surface area (Å²) in [5.74, 6) is 0.598. The maximum atomic E-state index is 12.9. The van der Waals surface area contributed by atoms with Crippen molar-refractivity contribution >= 4 is 29.2 Å². The number of fused-ring (bicyclic) bond motifs is 1.